The zero-order valence-electron chi connectivity index (χ0n) is 11.8. The van der Waals surface area contributed by atoms with Gasteiger partial charge in [0.2, 0.25) is 0 Å². The molecule has 0 unspecified atom stereocenters. The first-order valence-corrected chi connectivity index (χ1v) is 9.37. The molecule has 0 saturated heterocycles. The fourth-order valence-electron chi connectivity index (χ4n) is 2.60. The van der Waals surface area contributed by atoms with Crippen LogP contribution in [0.2, 0.25) is 0 Å². The quantitative estimate of drug-likeness (QED) is 0.658. The Morgan fingerprint density at radius 2 is 1.78 bits per heavy atom. The molecule has 1 aliphatic carbocycles. The molecule has 0 amide bonds. The summed E-state index contributed by atoms with van der Waals surface area (Å²) in [6, 6.07) is 0. The van der Waals surface area contributed by atoms with Gasteiger partial charge in [0.05, 0.1) is 11.5 Å². The topological polar surface area (TPSA) is 46.2 Å². The summed E-state index contributed by atoms with van der Waals surface area (Å²) in [7, 11) is -2.82. The molecule has 1 aliphatic rings. The van der Waals surface area contributed by atoms with Gasteiger partial charge in [0.15, 0.2) is 9.84 Å². The Hall–Kier alpha value is -0.0900. The lowest BCUT2D eigenvalue weighted by molar-refractivity contribution is 0.345. The molecule has 1 fully saturated rings. The van der Waals surface area contributed by atoms with E-state index in [9.17, 15) is 8.42 Å². The number of hydrogen-bond acceptors (Lipinski definition) is 3. The zero-order valence-corrected chi connectivity index (χ0v) is 12.6. The first-order chi connectivity index (χ1) is 8.64. The molecule has 1 saturated carbocycles. The summed E-state index contributed by atoms with van der Waals surface area (Å²) >= 11 is 0. The van der Waals surface area contributed by atoms with Crippen LogP contribution in [0.3, 0.4) is 0 Å². The fourth-order valence-corrected chi connectivity index (χ4v) is 3.90. The molecular weight excluding hydrogens is 246 g/mol. The minimum Gasteiger partial charge on any atom is -0.315 e. The summed E-state index contributed by atoms with van der Waals surface area (Å²) in [5.41, 5.74) is 0. The van der Waals surface area contributed by atoms with Crippen LogP contribution in [-0.4, -0.2) is 33.0 Å². The lowest BCUT2D eigenvalue weighted by Gasteiger charge is -2.21. The van der Waals surface area contributed by atoms with Gasteiger partial charge in [-0.05, 0) is 31.7 Å². The minimum absolute atomic E-state index is 0.309. The summed E-state index contributed by atoms with van der Waals surface area (Å²) in [5, 5.41) is 3.32. The van der Waals surface area contributed by atoms with Crippen molar-refractivity contribution < 1.29 is 8.42 Å². The highest BCUT2D eigenvalue weighted by Gasteiger charge is 2.14. The Morgan fingerprint density at radius 3 is 2.44 bits per heavy atom. The molecule has 0 bridgehead atoms. The lowest BCUT2D eigenvalue weighted by Crippen LogP contribution is -2.29. The maximum absolute atomic E-state index is 11.7. The van der Waals surface area contributed by atoms with Crippen LogP contribution in [0.1, 0.15) is 58.3 Å². The summed E-state index contributed by atoms with van der Waals surface area (Å²) in [6.45, 7) is 3.73. The summed E-state index contributed by atoms with van der Waals surface area (Å²) < 4.78 is 23.4. The Bertz CT molecular complexity index is 295. The van der Waals surface area contributed by atoms with Gasteiger partial charge in [-0.25, -0.2) is 8.42 Å². The van der Waals surface area contributed by atoms with Gasteiger partial charge in [-0.2, -0.15) is 0 Å². The van der Waals surface area contributed by atoms with E-state index >= 15 is 0 Å². The largest absolute Gasteiger partial charge is 0.315 e. The second-order valence-electron chi connectivity index (χ2n) is 5.57. The van der Waals surface area contributed by atoms with Crippen molar-refractivity contribution in [1.29, 1.82) is 0 Å². The standard InChI is InChI=1S/C14H29NO2S/c1-2-3-7-11-18(16,17)12-10-15-13-14-8-5-4-6-9-14/h14-15H,2-13H2,1H3. The Kier molecular flexibility index (Phi) is 7.91. The normalized spacial score (nSPS) is 18.1. The van der Waals surface area contributed by atoms with Crippen LogP contribution in [0.5, 0.6) is 0 Å². The van der Waals surface area contributed by atoms with Crippen LogP contribution in [0.4, 0.5) is 0 Å². The van der Waals surface area contributed by atoms with E-state index in [4.69, 9.17) is 0 Å². The van der Waals surface area contributed by atoms with Crippen molar-refractivity contribution in [3.63, 3.8) is 0 Å². The monoisotopic (exact) mass is 275 g/mol. The molecule has 0 radical (unpaired) electrons. The molecule has 0 aliphatic heterocycles. The Balaban J connectivity index is 2.05. The van der Waals surface area contributed by atoms with E-state index in [-0.39, 0.29) is 0 Å². The van der Waals surface area contributed by atoms with Crippen molar-refractivity contribution in [2.24, 2.45) is 5.92 Å². The average Bonchev–Trinajstić information content (AvgIpc) is 2.36. The molecule has 0 aromatic rings. The van der Waals surface area contributed by atoms with Crippen molar-refractivity contribution in [2.45, 2.75) is 58.3 Å². The van der Waals surface area contributed by atoms with E-state index in [0.29, 0.717) is 18.1 Å². The molecule has 3 nitrogen and oxygen atoms in total. The summed E-state index contributed by atoms with van der Waals surface area (Å²) in [4.78, 5) is 0. The van der Waals surface area contributed by atoms with E-state index in [1.807, 2.05) is 0 Å². The number of sulfone groups is 1. The molecule has 1 N–H and O–H groups in total. The van der Waals surface area contributed by atoms with Gasteiger partial charge in [-0.15, -0.1) is 0 Å². The first-order valence-electron chi connectivity index (χ1n) is 7.55. The van der Waals surface area contributed by atoms with Crippen LogP contribution in [0.25, 0.3) is 0 Å². The van der Waals surface area contributed by atoms with E-state index in [1.165, 1.54) is 32.1 Å². The van der Waals surface area contributed by atoms with Gasteiger partial charge in [-0.3, -0.25) is 0 Å². The van der Waals surface area contributed by atoms with Crippen molar-refractivity contribution in [1.82, 2.24) is 5.32 Å². The first kappa shape index (κ1) is 16.0. The van der Waals surface area contributed by atoms with E-state index < -0.39 is 9.84 Å². The number of hydrogen-bond donors (Lipinski definition) is 1. The third kappa shape index (κ3) is 7.37. The van der Waals surface area contributed by atoms with Crippen LogP contribution in [0.15, 0.2) is 0 Å². The fraction of sp³-hybridized carbons (Fsp3) is 1.00. The molecule has 0 heterocycles. The van der Waals surface area contributed by atoms with Gasteiger partial charge < -0.3 is 5.32 Å². The molecule has 0 spiro atoms. The average molecular weight is 275 g/mol. The lowest BCUT2D eigenvalue weighted by atomic mass is 9.89. The highest BCUT2D eigenvalue weighted by atomic mass is 32.2. The van der Waals surface area contributed by atoms with Crippen molar-refractivity contribution in [3.05, 3.63) is 0 Å². The molecule has 1 rings (SSSR count). The molecule has 0 atom stereocenters. The number of unbranched alkanes of at least 4 members (excludes halogenated alkanes) is 2. The third-order valence-corrected chi connectivity index (χ3v) is 5.54. The van der Waals surface area contributed by atoms with Crippen molar-refractivity contribution in [3.8, 4) is 0 Å². The van der Waals surface area contributed by atoms with Crippen LogP contribution >= 0.6 is 0 Å². The molecule has 0 aromatic carbocycles. The van der Waals surface area contributed by atoms with Crippen LogP contribution in [-0.2, 0) is 9.84 Å². The van der Waals surface area contributed by atoms with Gasteiger partial charge in [0.25, 0.3) is 0 Å². The molecule has 108 valence electrons. The van der Waals surface area contributed by atoms with Gasteiger partial charge in [0.1, 0.15) is 0 Å². The van der Waals surface area contributed by atoms with Crippen molar-refractivity contribution in [2.75, 3.05) is 24.6 Å². The second-order valence-corrected chi connectivity index (χ2v) is 7.87. The smallest absolute Gasteiger partial charge is 0.151 e. The summed E-state index contributed by atoms with van der Waals surface area (Å²) in [5.74, 6) is 1.46. The van der Waals surface area contributed by atoms with Crippen molar-refractivity contribution >= 4 is 9.84 Å². The number of rotatable bonds is 9. The van der Waals surface area contributed by atoms with Crippen LogP contribution < -0.4 is 5.32 Å². The van der Waals surface area contributed by atoms with E-state index in [0.717, 1.165) is 31.7 Å². The van der Waals surface area contributed by atoms with E-state index in [1.54, 1.807) is 0 Å². The Labute approximate surface area is 113 Å². The molecule has 18 heavy (non-hydrogen) atoms. The maximum Gasteiger partial charge on any atom is 0.151 e. The zero-order chi connectivity index (χ0) is 13.3. The highest BCUT2D eigenvalue weighted by Crippen LogP contribution is 2.22. The second kappa shape index (κ2) is 8.92. The van der Waals surface area contributed by atoms with Gasteiger partial charge in [-0.1, -0.05) is 39.0 Å². The predicted molar refractivity (Wildman–Crippen MR) is 77.6 cm³/mol. The summed E-state index contributed by atoms with van der Waals surface area (Å²) in [6.07, 6.45) is 9.63. The molecule has 4 heteroatoms. The van der Waals surface area contributed by atoms with E-state index in [2.05, 4.69) is 12.2 Å². The highest BCUT2D eigenvalue weighted by molar-refractivity contribution is 7.91. The SMILES string of the molecule is CCCCCS(=O)(=O)CCNCC1CCCCC1. The molecular formula is C14H29NO2S. The predicted octanol–water partition coefficient (Wildman–Crippen LogP) is 2.76. The Morgan fingerprint density at radius 1 is 1.06 bits per heavy atom. The third-order valence-electron chi connectivity index (χ3n) is 3.81. The number of nitrogens with one attached hydrogen (secondary N) is 1. The van der Waals surface area contributed by atoms with Gasteiger partial charge in [0, 0.05) is 6.54 Å². The van der Waals surface area contributed by atoms with Crippen LogP contribution in [0, 0.1) is 5.92 Å². The minimum atomic E-state index is -2.82. The maximum atomic E-state index is 11.7. The molecule has 0 aromatic heterocycles. The van der Waals surface area contributed by atoms with Gasteiger partial charge >= 0.3 is 0 Å².